The second-order valence-corrected chi connectivity index (χ2v) is 3.52. The highest BCUT2D eigenvalue weighted by Gasteiger charge is 2.09. The Hall–Kier alpha value is -1.33. The van der Waals surface area contributed by atoms with Gasteiger partial charge in [-0.25, -0.2) is 4.39 Å². The zero-order chi connectivity index (χ0) is 12.1. The average molecular weight is 229 g/mol. The number of aliphatic hydroxyl groups excluding tert-OH is 2. The van der Waals surface area contributed by atoms with Crippen molar-refractivity contribution in [1.29, 1.82) is 0 Å². The summed E-state index contributed by atoms with van der Waals surface area (Å²) in [5.74, 6) is 0.158. The van der Waals surface area contributed by atoms with Crippen molar-refractivity contribution in [3.8, 4) is 5.75 Å². The van der Waals surface area contributed by atoms with E-state index >= 15 is 0 Å². The standard InChI is InChI=1S/C11H16FNO3/c1-7-3-9(12)10(4-11(7)16-2)13-5-8(15)6-14/h3-4,8,13-15H,5-6H2,1-2H3. The first-order chi connectivity index (χ1) is 7.58. The summed E-state index contributed by atoms with van der Waals surface area (Å²) >= 11 is 0. The predicted molar refractivity (Wildman–Crippen MR) is 59.3 cm³/mol. The highest BCUT2D eigenvalue weighted by atomic mass is 19.1. The third kappa shape index (κ3) is 3.08. The maximum absolute atomic E-state index is 13.5. The lowest BCUT2D eigenvalue weighted by molar-refractivity contribution is 0.105. The van der Waals surface area contributed by atoms with Gasteiger partial charge in [0.15, 0.2) is 0 Å². The molecule has 0 bridgehead atoms. The number of aryl methyl sites for hydroxylation is 1. The molecule has 0 heterocycles. The van der Waals surface area contributed by atoms with Crippen LogP contribution in [0, 0.1) is 12.7 Å². The Balaban J connectivity index is 2.79. The third-order valence-electron chi connectivity index (χ3n) is 2.22. The first kappa shape index (κ1) is 12.7. The van der Waals surface area contributed by atoms with Gasteiger partial charge in [0, 0.05) is 12.6 Å². The summed E-state index contributed by atoms with van der Waals surface area (Å²) in [4.78, 5) is 0. The number of anilines is 1. The van der Waals surface area contributed by atoms with E-state index in [2.05, 4.69) is 5.32 Å². The summed E-state index contributed by atoms with van der Waals surface area (Å²) in [6.07, 6.45) is -0.910. The van der Waals surface area contributed by atoms with E-state index in [1.54, 1.807) is 6.92 Å². The van der Waals surface area contributed by atoms with Crippen molar-refractivity contribution in [1.82, 2.24) is 0 Å². The third-order valence-corrected chi connectivity index (χ3v) is 2.22. The van der Waals surface area contributed by atoms with E-state index in [1.165, 1.54) is 19.2 Å². The molecule has 3 N–H and O–H groups in total. The average Bonchev–Trinajstić information content (AvgIpc) is 2.27. The Kier molecular flexibility index (Phi) is 4.52. The van der Waals surface area contributed by atoms with Gasteiger partial charge in [0.1, 0.15) is 11.6 Å². The molecular formula is C11H16FNO3. The van der Waals surface area contributed by atoms with Gasteiger partial charge in [-0.1, -0.05) is 0 Å². The minimum atomic E-state index is -0.910. The van der Waals surface area contributed by atoms with E-state index in [1.807, 2.05) is 0 Å². The molecule has 0 aromatic heterocycles. The molecule has 1 rings (SSSR count). The van der Waals surface area contributed by atoms with Crippen LogP contribution in [0.3, 0.4) is 0 Å². The highest BCUT2D eigenvalue weighted by Crippen LogP contribution is 2.25. The molecule has 0 aliphatic carbocycles. The topological polar surface area (TPSA) is 61.7 Å². The SMILES string of the molecule is COc1cc(NCC(O)CO)c(F)cc1C. The molecule has 1 atom stereocenters. The molecule has 0 amide bonds. The quantitative estimate of drug-likeness (QED) is 0.702. The molecule has 5 heteroatoms. The summed E-state index contributed by atoms with van der Waals surface area (Å²) in [6, 6.07) is 2.88. The highest BCUT2D eigenvalue weighted by molar-refractivity contribution is 5.52. The molecule has 16 heavy (non-hydrogen) atoms. The van der Waals surface area contributed by atoms with E-state index in [-0.39, 0.29) is 18.8 Å². The van der Waals surface area contributed by atoms with Crippen molar-refractivity contribution in [3.05, 3.63) is 23.5 Å². The van der Waals surface area contributed by atoms with Gasteiger partial charge < -0.3 is 20.3 Å². The Bertz CT molecular complexity index is 357. The maximum Gasteiger partial charge on any atom is 0.146 e. The zero-order valence-corrected chi connectivity index (χ0v) is 9.33. The fourth-order valence-electron chi connectivity index (χ4n) is 1.30. The molecule has 0 radical (unpaired) electrons. The largest absolute Gasteiger partial charge is 0.496 e. The number of hydrogen-bond acceptors (Lipinski definition) is 4. The number of nitrogens with one attached hydrogen (secondary N) is 1. The van der Waals surface area contributed by atoms with Crippen molar-refractivity contribution >= 4 is 5.69 Å². The molecule has 0 aliphatic heterocycles. The molecule has 0 spiro atoms. The van der Waals surface area contributed by atoms with E-state index in [4.69, 9.17) is 14.9 Å². The van der Waals surface area contributed by atoms with Gasteiger partial charge in [0.05, 0.1) is 25.5 Å². The van der Waals surface area contributed by atoms with Crippen molar-refractivity contribution < 1.29 is 19.3 Å². The minimum absolute atomic E-state index is 0.0830. The van der Waals surface area contributed by atoms with Gasteiger partial charge in [-0.3, -0.25) is 0 Å². The van der Waals surface area contributed by atoms with Crippen LogP contribution in [0.4, 0.5) is 10.1 Å². The number of rotatable bonds is 5. The van der Waals surface area contributed by atoms with E-state index < -0.39 is 11.9 Å². The Morgan fingerprint density at radius 2 is 2.19 bits per heavy atom. The maximum atomic E-state index is 13.5. The summed E-state index contributed by atoms with van der Waals surface area (Å²) in [5.41, 5.74) is 0.947. The van der Waals surface area contributed by atoms with E-state index in [0.717, 1.165) is 0 Å². The second-order valence-electron chi connectivity index (χ2n) is 3.52. The van der Waals surface area contributed by atoms with Gasteiger partial charge in [0.25, 0.3) is 0 Å². The molecule has 0 saturated carbocycles. The summed E-state index contributed by atoms with van der Waals surface area (Å²) in [5, 5.41) is 20.4. The van der Waals surface area contributed by atoms with Gasteiger partial charge in [-0.15, -0.1) is 0 Å². The Labute approximate surface area is 93.7 Å². The van der Waals surface area contributed by atoms with Crippen molar-refractivity contribution in [3.63, 3.8) is 0 Å². The van der Waals surface area contributed by atoms with Crippen LogP contribution < -0.4 is 10.1 Å². The first-order valence-electron chi connectivity index (χ1n) is 4.95. The smallest absolute Gasteiger partial charge is 0.146 e. The summed E-state index contributed by atoms with van der Waals surface area (Å²) in [7, 11) is 1.51. The van der Waals surface area contributed by atoms with Gasteiger partial charge in [-0.05, 0) is 18.6 Å². The number of hydrogen-bond donors (Lipinski definition) is 3. The van der Waals surface area contributed by atoms with Gasteiger partial charge in [0.2, 0.25) is 0 Å². The van der Waals surface area contributed by atoms with Crippen LogP contribution in [-0.4, -0.2) is 36.6 Å². The van der Waals surface area contributed by atoms with E-state index in [9.17, 15) is 4.39 Å². The molecular weight excluding hydrogens is 213 g/mol. The molecule has 90 valence electrons. The first-order valence-corrected chi connectivity index (χ1v) is 4.95. The minimum Gasteiger partial charge on any atom is -0.496 e. The number of methoxy groups -OCH3 is 1. The number of aliphatic hydroxyl groups is 2. The lowest BCUT2D eigenvalue weighted by atomic mass is 10.2. The summed E-state index contributed by atoms with van der Waals surface area (Å²) < 4.78 is 18.5. The van der Waals surface area contributed by atoms with Crippen molar-refractivity contribution in [2.24, 2.45) is 0 Å². The molecule has 0 aliphatic rings. The molecule has 0 fully saturated rings. The number of ether oxygens (including phenoxy) is 1. The summed E-state index contributed by atoms with van der Waals surface area (Å²) in [6.45, 7) is 1.46. The van der Waals surface area contributed by atoms with Crippen LogP contribution >= 0.6 is 0 Å². The van der Waals surface area contributed by atoms with Crippen LogP contribution in [0.25, 0.3) is 0 Å². The van der Waals surface area contributed by atoms with Crippen LogP contribution in [0.5, 0.6) is 5.75 Å². The lowest BCUT2D eigenvalue weighted by Crippen LogP contribution is -2.23. The predicted octanol–water partition coefficient (Wildman–Crippen LogP) is 0.908. The Morgan fingerprint density at radius 1 is 1.50 bits per heavy atom. The van der Waals surface area contributed by atoms with Crippen LogP contribution in [0.2, 0.25) is 0 Å². The molecule has 0 saturated heterocycles. The molecule has 1 unspecified atom stereocenters. The molecule has 1 aromatic rings. The fourth-order valence-corrected chi connectivity index (χ4v) is 1.30. The van der Waals surface area contributed by atoms with Crippen LogP contribution in [0.1, 0.15) is 5.56 Å². The van der Waals surface area contributed by atoms with Crippen LogP contribution in [0.15, 0.2) is 12.1 Å². The fraction of sp³-hybridized carbons (Fsp3) is 0.455. The van der Waals surface area contributed by atoms with Crippen LogP contribution in [-0.2, 0) is 0 Å². The zero-order valence-electron chi connectivity index (χ0n) is 9.33. The Morgan fingerprint density at radius 3 is 2.75 bits per heavy atom. The normalized spacial score (nSPS) is 12.3. The lowest BCUT2D eigenvalue weighted by Gasteiger charge is -2.13. The molecule has 4 nitrogen and oxygen atoms in total. The van der Waals surface area contributed by atoms with Gasteiger partial charge >= 0.3 is 0 Å². The second kappa shape index (κ2) is 5.67. The van der Waals surface area contributed by atoms with Crippen molar-refractivity contribution in [2.75, 3.05) is 25.6 Å². The van der Waals surface area contributed by atoms with Gasteiger partial charge in [-0.2, -0.15) is 0 Å². The number of halogens is 1. The van der Waals surface area contributed by atoms with E-state index in [0.29, 0.717) is 11.3 Å². The monoisotopic (exact) mass is 229 g/mol. The molecule has 1 aromatic carbocycles. The number of benzene rings is 1. The van der Waals surface area contributed by atoms with Crippen molar-refractivity contribution in [2.45, 2.75) is 13.0 Å².